The second-order valence-corrected chi connectivity index (χ2v) is 10.3. The highest BCUT2D eigenvalue weighted by Crippen LogP contribution is 2.58. The Balaban J connectivity index is 0.00000231. The number of allylic oxidation sites excluding steroid dienone is 1. The molecule has 0 amide bonds. The van der Waals surface area contributed by atoms with E-state index >= 15 is 0 Å². The number of rotatable bonds is 11. The number of nitrogens with zero attached hydrogens (tertiary/aromatic N) is 3. The number of hydrogen-bond donors (Lipinski definition) is 1. The van der Waals surface area contributed by atoms with E-state index in [0.29, 0.717) is 41.8 Å². The van der Waals surface area contributed by atoms with E-state index in [4.69, 9.17) is 4.42 Å². The molecule has 1 aromatic carbocycles. The summed E-state index contributed by atoms with van der Waals surface area (Å²) in [5, 5.41) is 2.91. The number of alkyl halides is 3. The first-order valence-corrected chi connectivity index (χ1v) is 12.8. The van der Waals surface area contributed by atoms with Crippen molar-refractivity contribution < 1.29 is 29.6 Å². The summed E-state index contributed by atoms with van der Waals surface area (Å²) in [6, 6.07) is 6.18. The number of aromatic nitrogens is 2. The van der Waals surface area contributed by atoms with Crippen LogP contribution in [0.1, 0.15) is 52.9 Å². The molecule has 39 heavy (non-hydrogen) atoms. The van der Waals surface area contributed by atoms with Gasteiger partial charge in [-0.05, 0) is 61.1 Å². The van der Waals surface area contributed by atoms with Crippen molar-refractivity contribution in [2.75, 3.05) is 5.32 Å². The number of carbonyl (C=O) groups is 1. The van der Waals surface area contributed by atoms with Gasteiger partial charge in [0, 0.05) is 52.7 Å². The fourth-order valence-electron chi connectivity index (χ4n) is 4.66. The highest BCUT2D eigenvalue weighted by atomic mass is 19.3. The third kappa shape index (κ3) is 5.79. The summed E-state index contributed by atoms with van der Waals surface area (Å²) in [6.07, 6.45) is 7.75. The van der Waals surface area contributed by atoms with Crippen LogP contribution in [0.5, 0.6) is 0 Å². The minimum absolute atomic E-state index is 0. The molecule has 0 radical (unpaired) electrons. The first-order chi connectivity index (χ1) is 18.5. The van der Waals surface area contributed by atoms with Crippen LogP contribution in [0.4, 0.5) is 23.5 Å². The van der Waals surface area contributed by atoms with E-state index in [2.05, 4.69) is 20.3 Å². The van der Waals surface area contributed by atoms with Crippen molar-refractivity contribution >= 4 is 17.9 Å². The highest BCUT2D eigenvalue weighted by molar-refractivity contribution is 5.81. The molecule has 1 saturated carbocycles. The number of hydrogen-bond acceptors (Lipinski definition) is 6. The molecule has 6 nitrogen and oxygen atoms in total. The molecule has 3 heterocycles. The van der Waals surface area contributed by atoms with E-state index in [-0.39, 0.29) is 38.8 Å². The largest absolute Gasteiger partial charge is 0.468 e. The van der Waals surface area contributed by atoms with Gasteiger partial charge in [0.15, 0.2) is 0 Å². The number of ketones is 1. The van der Waals surface area contributed by atoms with Crippen LogP contribution in [0.25, 0.3) is 11.1 Å². The molecule has 2 aliphatic rings. The minimum atomic E-state index is -2.87. The summed E-state index contributed by atoms with van der Waals surface area (Å²) in [6.45, 7) is 2.36. The van der Waals surface area contributed by atoms with Gasteiger partial charge >= 0.3 is 0 Å². The molecule has 10 heteroatoms. The maximum Gasteiger partial charge on any atom is 0.257 e. The molecule has 0 spiro atoms. The molecule has 0 saturated heterocycles. The predicted octanol–water partition coefficient (Wildman–Crippen LogP) is 7.11. The molecule has 2 aromatic heterocycles. The lowest BCUT2D eigenvalue weighted by Crippen LogP contribution is -2.29. The molecule has 1 aliphatic heterocycles. The first kappa shape index (κ1) is 26.8. The maximum atomic E-state index is 14.8. The summed E-state index contributed by atoms with van der Waals surface area (Å²) in [4.78, 5) is 25.1. The van der Waals surface area contributed by atoms with E-state index in [1.54, 1.807) is 24.3 Å². The Kier molecular flexibility index (Phi) is 7.13. The summed E-state index contributed by atoms with van der Waals surface area (Å²) in [5.41, 5.74) is 0.838. The van der Waals surface area contributed by atoms with Crippen molar-refractivity contribution in [3.8, 4) is 11.1 Å². The number of nitrogens with one attached hydrogen (secondary N) is 1. The van der Waals surface area contributed by atoms with Crippen molar-refractivity contribution in [1.82, 2.24) is 9.97 Å². The van der Waals surface area contributed by atoms with Gasteiger partial charge in [0.2, 0.25) is 5.95 Å². The molecule has 1 fully saturated rings. The average molecular weight is 545 g/mol. The maximum absolute atomic E-state index is 14.8. The molecule has 5 rings (SSSR count). The first-order valence-electron chi connectivity index (χ1n) is 12.8. The Morgan fingerprint density at radius 1 is 1.23 bits per heavy atom. The van der Waals surface area contributed by atoms with Gasteiger partial charge in [-0.15, -0.1) is 0 Å². The summed E-state index contributed by atoms with van der Waals surface area (Å²) < 4.78 is 61.5. The van der Waals surface area contributed by atoms with E-state index in [9.17, 15) is 22.4 Å². The Labute approximate surface area is 226 Å². The van der Waals surface area contributed by atoms with Gasteiger partial charge in [-0.3, -0.25) is 4.79 Å². The fraction of sp³-hybridized carbons (Fsp3) is 0.379. The Hall–Kier alpha value is -3.82. The number of carbonyl (C=O) groups excluding carboxylic acids is 1. The van der Waals surface area contributed by atoms with Crippen molar-refractivity contribution in [2.45, 2.75) is 63.5 Å². The molecule has 3 aromatic rings. The Morgan fingerprint density at radius 3 is 2.59 bits per heavy atom. The summed E-state index contributed by atoms with van der Waals surface area (Å²) >= 11 is 0. The standard InChI is InChI=1S/C29H28F4N4O2.2H2/c1-17(30)21-12-26(34-13-21)37-27-35-14-22(15-36-27)19-4-5-20(24(31)11-19)10-23(38)6-3-18-9-25(39-16-18)29(7-8-29)28(2,32)33;;/h4-5,9,11-17,21H,3,6-8,10H2,1-2H3,(H,35,36,37);2*1H. The normalized spacial score (nSPS) is 18.6. The third-order valence-corrected chi connectivity index (χ3v) is 7.34. The van der Waals surface area contributed by atoms with E-state index in [1.807, 2.05) is 0 Å². The zero-order chi connectivity index (χ0) is 27.8. The number of aliphatic imine (C=N–C) groups is 1. The minimum Gasteiger partial charge on any atom is -0.468 e. The molecular weight excluding hydrogens is 512 g/mol. The number of anilines is 1. The monoisotopic (exact) mass is 544 g/mol. The van der Waals surface area contributed by atoms with Gasteiger partial charge in [0.05, 0.1) is 11.7 Å². The zero-order valence-corrected chi connectivity index (χ0v) is 21.6. The SMILES string of the molecule is CC(F)C1C=NC(Nc2ncc(-c3ccc(CC(=O)CCc4coc(C5(C(C)(F)F)CC5)c4)c(F)c3)cn2)=C1.[HH].[HH]. The lowest BCUT2D eigenvalue weighted by atomic mass is 9.95. The van der Waals surface area contributed by atoms with Crippen LogP contribution in [0, 0.1) is 11.7 Å². The number of furan rings is 1. The Bertz CT molecular complexity index is 1430. The second-order valence-electron chi connectivity index (χ2n) is 10.3. The van der Waals surface area contributed by atoms with Crippen molar-refractivity contribution in [2.24, 2.45) is 10.9 Å². The number of aryl methyl sites for hydroxylation is 1. The van der Waals surface area contributed by atoms with Crippen molar-refractivity contribution in [1.29, 1.82) is 0 Å². The van der Waals surface area contributed by atoms with Gasteiger partial charge in [-0.1, -0.05) is 12.1 Å². The molecule has 1 N–H and O–H groups in total. The molecule has 208 valence electrons. The third-order valence-electron chi connectivity index (χ3n) is 7.34. The lowest BCUT2D eigenvalue weighted by molar-refractivity contribution is -0.118. The van der Waals surface area contributed by atoms with Gasteiger partial charge < -0.3 is 9.73 Å². The fourth-order valence-corrected chi connectivity index (χ4v) is 4.66. The van der Waals surface area contributed by atoms with Crippen LogP contribution in [-0.4, -0.2) is 34.1 Å². The Morgan fingerprint density at radius 2 is 1.97 bits per heavy atom. The van der Waals surface area contributed by atoms with E-state index in [0.717, 1.165) is 6.92 Å². The second kappa shape index (κ2) is 10.4. The highest BCUT2D eigenvalue weighted by Gasteiger charge is 2.62. The number of benzene rings is 1. The number of Topliss-reactive ketones (excluding diaryl/α,β-unsaturated/α-hetero) is 1. The van der Waals surface area contributed by atoms with Crippen LogP contribution in [0.2, 0.25) is 0 Å². The van der Waals surface area contributed by atoms with Gasteiger partial charge in [-0.2, -0.15) is 0 Å². The molecule has 2 atom stereocenters. The summed E-state index contributed by atoms with van der Waals surface area (Å²) in [5.74, 6) is -2.96. The van der Waals surface area contributed by atoms with Gasteiger partial charge in [0.25, 0.3) is 5.92 Å². The van der Waals surface area contributed by atoms with Gasteiger partial charge in [-0.25, -0.2) is 32.5 Å². The van der Waals surface area contributed by atoms with Crippen LogP contribution in [0.3, 0.4) is 0 Å². The molecule has 1 aliphatic carbocycles. The number of halogens is 4. The molecule has 0 bridgehead atoms. The quantitative estimate of drug-likeness (QED) is 0.260. The van der Waals surface area contributed by atoms with Gasteiger partial charge in [0.1, 0.15) is 29.4 Å². The molecule has 2 unspecified atom stereocenters. The summed E-state index contributed by atoms with van der Waals surface area (Å²) in [7, 11) is 0. The zero-order valence-electron chi connectivity index (χ0n) is 21.6. The van der Waals surface area contributed by atoms with Crippen LogP contribution >= 0.6 is 0 Å². The van der Waals surface area contributed by atoms with Crippen LogP contribution in [0.15, 0.2) is 64.2 Å². The van der Waals surface area contributed by atoms with Crippen LogP contribution < -0.4 is 5.32 Å². The lowest BCUT2D eigenvalue weighted by Gasteiger charge is -2.20. The van der Waals surface area contributed by atoms with Crippen molar-refractivity contribution in [3.05, 3.63) is 77.5 Å². The average Bonchev–Trinajstić information content (AvgIpc) is 3.36. The van der Waals surface area contributed by atoms with Crippen molar-refractivity contribution in [3.63, 3.8) is 0 Å². The predicted molar refractivity (Wildman–Crippen MR) is 143 cm³/mol. The van der Waals surface area contributed by atoms with E-state index in [1.165, 1.54) is 37.9 Å². The molecular formula is C29H32F4N4O2. The topological polar surface area (TPSA) is 80.4 Å². The smallest absolute Gasteiger partial charge is 0.257 e. The van der Waals surface area contributed by atoms with Crippen LogP contribution in [-0.2, 0) is 23.1 Å². The van der Waals surface area contributed by atoms with E-state index < -0.39 is 29.2 Å².